The Morgan fingerprint density at radius 1 is 1.18 bits per heavy atom. The van der Waals surface area contributed by atoms with E-state index in [2.05, 4.69) is 15.3 Å². The van der Waals surface area contributed by atoms with Crippen LogP contribution in [0, 0.1) is 0 Å². The predicted octanol–water partition coefficient (Wildman–Crippen LogP) is 6.54. The molecule has 4 nitrogen and oxygen atoms in total. The maximum atomic E-state index is 13.2. The van der Waals surface area contributed by atoms with Gasteiger partial charge in [-0.05, 0) is 37.3 Å². The molecule has 4 rings (SSSR count). The lowest BCUT2D eigenvalue weighted by molar-refractivity contribution is -0.138. The zero-order valence-corrected chi connectivity index (χ0v) is 16.1. The lowest BCUT2D eigenvalue weighted by Gasteiger charge is -2.14. The smallest absolute Gasteiger partial charge is 0.420 e. The Morgan fingerprint density at radius 2 is 1.96 bits per heavy atom. The quantitative estimate of drug-likeness (QED) is 0.522. The second kappa shape index (κ2) is 9.05. The van der Waals surface area contributed by atoms with Crippen molar-refractivity contribution in [1.82, 2.24) is 9.97 Å². The Labute approximate surface area is 165 Å². The SMILES string of the molecule is C1CC1.CCOc1ccc(Nc2nc(-c3cccnc3)cs2)cc1C(F)(F)F. The monoisotopic (exact) mass is 407 g/mol. The minimum atomic E-state index is -4.49. The van der Waals surface area contributed by atoms with Gasteiger partial charge in [0.2, 0.25) is 0 Å². The summed E-state index contributed by atoms with van der Waals surface area (Å²) in [6, 6.07) is 7.53. The highest BCUT2D eigenvalue weighted by Crippen LogP contribution is 2.38. The van der Waals surface area contributed by atoms with Crippen LogP contribution < -0.4 is 10.1 Å². The summed E-state index contributed by atoms with van der Waals surface area (Å²) >= 11 is 1.30. The van der Waals surface area contributed by atoms with Crippen molar-refractivity contribution in [2.75, 3.05) is 11.9 Å². The van der Waals surface area contributed by atoms with Crippen molar-refractivity contribution in [2.45, 2.75) is 32.4 Å². The first-order chi connectivity index (χ1) is 13.5. The van der Waals surface area contributed by atoms with Gasteiger partial charge in [0, 0.05) is 29.0 Å². The van der Waals surface area contributed by atoms with Crippen molar-refractivity contribution in [3.8, 4) is 17.0 Å². The van der Waals surface area contributed by atoms with Gasteiger partial charge in [-0.15, -0.1) is 11.3 Å². The van der Waals surface area contributed by atoms with E-state index in [1.54, 1.807) is 25.4 Å². The summed E-state index contributed by atoms with van der Waals surface area (Å²) in [5.41, 5.74) is 1.03. The minimum Gasteiger partial charge on any atom is -0.493 e. The van der Waals surface area contributed by atoms with E-state index in [0.29, 0.717) is 16.5 Å². The molecule has 2 aromatic heterocycles. The summed E-state index contributed by atoms with van der Waals surface area (Å²) in [5.74, 6) is -0.185. The molecule has 0 bridgehead atoms. The van der Waals surface area contributed by atoms with Crippen molar-refractivity contribution in [1.29, 1.82) is 0 Å². The van der Waals surface area contributed by atoms with Gasteiger partial charge < -0.3 is 10.1 Å². The first-order valence-electron chi connectivity index (χ1n) is 8.94. The van der Waals surface area contributed by atoms with E-state index in [9.17, 15) is 13.2 Å². The number of aromatic nitrogens is 2. The van der Waals surface area contributed by atoms with Gasteiger partial charge in [-0.1, -0.05) is 19.3 Å². The van der Waals surface area contributed by atoms with Crippen molar-refractivity contribution in [2.24, 2.45) is 0 Å². The highest BCUT2D eigenvalue weighted by atomic mass is 32.1. The minimum absolute atomic E-state index is 0.163. The van der Waals surface area contributed by atoms with E-state index in [-0.39, 0.29) is 12.4 Å². The fraction of sp³-hybridized carbons (Fsp3) is 0.300. The molecule has 0 unspecified atom stereocenters. The maximum absolute atomic E-state index is 13.2. The summed E-state index contributed by atoms with van der Waals surface area (Å²) in [6.45, 7) is 1.80. The van der Waals surface area contributed by atoms with Crippen LogP contribution in [0.15, 0.2) is 48.1 Å². The second-order valence-corrected chi connectivity index (χ2v) is 6.97. The molecule has 0 saturated heterocycles. The van der Waals surface area contributed by atoms with E-state index in [0.717, 1.165) is 11.6 Å². The van der Waals surface area contributed by atoms with Crippen LogP contribution in [0.5, 0.6) is 5.75 Å². The van der Waals surface area contributed by atoms with E-state index < -0.39 is 11.7 Å². The third-order valence-corrected chi connectivity index (χ3v) is 4.41. The first-order valence-corrected chi connectivity index (χ1v) is 9.82. The van der Waals surface area contributed by atoms with Crippen LogP contribution in [-0.2, 0) is 6.18 Å². The number of hydrogen-bond acceptors (Lipinski definition) is 5. The number of rotatable bonds is 5. The molecule has 0 aliphatic heterocycles. The van der Waals surface area contributed by atoms with Crippen LogP contribution in [0.25, 0.3) is 11.3 Å². The zero-order valence-electron chi connectivity index (χ0n) is 15.3. The Kier molecular flexibility index (Phi) is 6.51. The Hall–Kier alpha value is -2.61. The highest BCUT2D eigenvalue weighted by molar-refractivity contribution is 7.14. The molecule has 0 amide bonds. The lowest BCUT2D eigenvalue weighted by Crippen LogP contribution is -2.09. The van der Waals surface area contributed by atoms with Gasteiger partial charge in [-0.2, -0.15) is 13.2 Å². The van der Waals surface area contributed by atoms with Crippen molar-refractivity contribution in [3.63, 3.8) is 0 Å². The largest absolute Gasteiger partial charge is 0.493 e. The van der Waals surface area contributed by atoms with Gasteiger partial charge in [0.25, 0.3) is 0 Å². The maximum Gasteiger partial charge on any atom is 0.420 e. The molecule has 0 atom stereocenters. The summed E-state index contributed by atoms with van der Waals surface area (Å²) in [6.07, 6.45) is 3.34. The average molecular weight is 407 g/mol. The van der Waals surface area contributed by atoms with Gasteiger partial charge in [0.05, 0.1) is 17.9 Å². The predicted molar refractivity (Wildman–Crippen MR) is 105 cm³/mol. The number of halogens is 3. The van der Waals surface area contributed by atoms with Gasteiger partial charge in [-0.3, -0.25) is 4.98 Å². The summed E-state index contributed by atoms with van der Waals surface area (Å²) in [7, 11) is 0. The van der Waals surface area contributed by atoms with Gasteiger partial charge in [0.15, 0.2) is 5.13 Å². The number of nitrogens with zero attached hydrogens (tertiary/aromatic N) is 2. The molecule has 148 valence electrons. The number of ether oxygens (including phenoxy) is 1. The van der Waals surface area contributed by atoms with Gasteiger partial charge in [-0.25, -0.2) is 4.98 Å². The van der Waals surface area contributed by atoms with Crippen molar-refractivity contribution < 1.29 is 17.9 Å². The molecular weight excluding hydrogens is 387 g/mol. The third-order valence-electron chi connectivity index (χ3n) is 3.65. The molecule has 1 fully saturated rings. The highest BCUT2D eigenvalue weighted by Gasteiger charge is 2.34. The van der Waals surface area contributed by atoms with Gasteiger partial charge >= 0.3 is 6.18 Å². The fourth-order valence-electron chi connectivity index (χ4n) is 2.21. The van der Waals surface area contributed by atoms with E-state index >= 15 is 0 Å². The molecule has 3 aromatic rings. The van der Waals surface area contributed by atoms with Crippen LogP contribution in [0.2, 0.25) is 0 Å². The van der Waals surface area contributed by atoms with Crippen LogP contribution in [0.3, 0.4) is 0 Å². The molecule has 1 aromatic carbocycles. The van der Waals surface area contributed by atoms with Crippen molar-refractivity contribution >= 4 is 22.2 Å². The molecule has 1 saturated carbocycles. The number of benzene rings is 1. The van der Waals surface area contributed by atoms with Gasteiger partial charge in [0.1, 0.15) is 5.75 Å². The standard InChI is InChI=1S/C17H14F3N3OS.C3H6/c1-2-24-15-6-5-12(8-13(15)17(18,19)20)22-16-23-14(10-25-16)11-4-3-7-21-9-11;1-2-3-1/h3-10H,2H2,1H3,(H,22,23);1-3H2. The van der Waals surface area contributed by atoms with E-state index in [1.165, 1.54) is 42.7 Å². The van der Waals surface area contributed by atoms with Crippen LogP contribution in [-0.4, -0.2) is 16.6 Å². The average Bonchev–Trinajstić information content (AvgIpc) is 3.49. The number of nitrogens with one attached hydrogen (secondary N) is 1. The molecule has 1 aliphatic rings. The number of hydrogen-bond donors (Lipinski definition) is 1. The zero-order chi connectivity index (χ0) is 20.0. The number of pyridine rings is 1. The lowest BCUT2D eigenvalue weighted by atomic mass is 10.1. The number of alkyl halides is 3. The molecule has 1 aliphatic carbocycles. The molecule has 0 radical (unpaired) electrons. The second-order valence-electron chi connectivity index (χ2n) is 6.11. The summed E-state index contributed by atoms with van der Waals surface area (Å²) in [4.78, 5) is 8.41. The Bertz CT molecular complexity index is 892. The van der Waals surface area contributed by atoms with Crippen LogP contribution in [0.4, 0.5) is 24.0 Å². The Balaban J connectivity index is 0.000000684. The van der Waals surface area contributed by atoms with Crippen LogP contribution >= 0.6 is 11.3 Å². The van der Waals surface area contributed by atoms with Crippen LogP contribution in [0.1, 0.15) is 31.7 Å². The molecule has 28 heavy (non-hydrogen) atoms. The number of anilines is 2. The normalized spacial score (nSPS) is 12.7. The molecule has 2 heterocycles. The topological polar surface area (TPSA) is 47.0 Å². The van der Waals surface area contributed by atoms with E-state index in [4.69, 9.17) is 4.74 Å². The fourth-order valence-corrected chi connectivity index (χ4v) is 2.95. The molecule has 1 N–H and O–H groups in total. The van der Waals surface area contributed by atoms with E-state index in [1.807, 2.05) is 11.4 Å². The number of thiazole rings is 1. The molecule has 0 spiro atoms. The van der Waals surface area contributed by atoms with Crippen molar-refractivity contribution in [3.05, 3.63) is 53.7 Å². The third kappa shape index (κ3) is 5.69. The summed E-state index contributed by atoms with van der Waals surface area (Å²) < 4.78 is 44.6. The Morgan fingerprint density at radius 3 is 2.57 bits per heavy atom. The summed E-state index contributed by atoms with van der Waals surface area (Å²) in [5, 5.41) is 5.22. The molecular formula is C20H20F3N3OS. The molecule has 8 heteroatoms. The first kappa shape index (κ1) is 20.1.